The second kappa shape index (κ2) is 5.69. The second-order valence-electron chi connectivity index (χ2n) is 3.49. The lowest BCUT2D eigenvalue weighted by atomic mass is 10.4. The molecule has 16 heavy (non-hydrogen) atoms. The topological polar surface area (TPSA) is 89.9 Å². The molecule has 0 aliphatic rings. The quantitative estimate of drug-likeness (QED) is 0.446. The lowest BCUT2D eigenvalue weighted by Crippen LogP contribution is -2.44. The van der Waals surface area contributed by atoms with Gasteiger partial charge in [0.1, 0.15) is 0 Å². The summed E-state index contributed by atoms with van der Waals surface area (Å²) in [6, 6.07) is 3.04. The zero-order valence-corrected chi connectivity index (χ0v) is 9.24. The summed E-state index contributed by atoms with van der Waals surface area (Å²) in [6.07, 6.45) is 3.20. The molecule has 0 radical (unpaired) electrons. The van der Waals surface area contributed by atoms with Crippen molar-refractivity contribution in [3.8, 4) is 0 Å². The van der Waals surface area contributed by atoms with Gasteiger partial charge in [-0.3, -0.25) is 15.7 Å². The lowest BCUT2D eigenvalue weighted by Gasteiger charge is -2.11. The molecule has 0 atom stereocenters. The first-order valence-electron chi connectivity index (χ1n) is 4.91. The average molecular weight is 221 g/mol. The molecule has 1 aromatic heterocycles. The van der Waals surface area contributed by atoms with E-state index in [1.165, 1.54) is 0 Å². The summed E-state index contributed by atoms with van der Waals surface area (Å²) in [5.74, 6) is -0.0793. The number of anilines is 1. The zero-order chi connectivity index (χ0) is 12.0. The van der Waals surface area contributed by atoms with Gasteiger partial charge in [0.15, 0.2) is 0 Å². The van der Waals surface area contributed by atoms with Crippen molar-refractivity contribution in [3.63, 3.8) is 0 Å². The highest BCUT2D eigenvalue weighted by atomic mass is 16.2. The van der Waals surface area contributed by atoms with E-state index >= 15 is 0 Å². The maximum absolute atomic E-state index is 11.2. The molecule has 86 valence electrons. The number of urea groups is 1. The van der Waals surface area contributed by atoms with E-state index in [4.69, 9.17) is 5.41 Å². The van der Waals surface area contributed by atoms with Gasteiger partial charge in [0.05, 0.1) is 0 Å². The highest BCUT2D eigenvalue weighted by molar-refractivity contribution is 6.01. The van der Waals surface area contributed by atoms with Crippen molar-refractivity contribution in [3.05, 3.63) is 24.5 Å². The normalized spacial score (nSPS) is 9.69. The third-order valence-corrected chi connectivity index (χ3v) is 1.61. The summed E-state index contributed by atoms with van der Waals surface area (Å²) in [5.41, 5.74) is 0.699. The zero-order valence-electron chi connectivity index (χ0n) is 9.24. The van der Waals surface area contributed by atoms with E-state index in [1.807, 2.05) is 13.8 Å². The molecule has 0 aliphatic heterocycles. The Labute approximate surface area is 94.0 Å². The van der Waals surface area contributed by atoms with Crippen LogP contribution in [0.2, 0.25) is 0 Å². The molecule has 2 amide bonds. The molecule has 0 bridgehead atoms. The molecular weight excluding hydrogens is 206 g/mol. The molecule has 0 saturated carbocycles. The predicted molar refractivity (Wildman–Crippen MR) is 62.4 cm³/mol. The monoisotopic (exact) mass is 221 g/mol. The van der Waals surface area contributed by atoms with Crippen LogP contribution in [0.3, 0.4) is 0 Å². The number of amides is 2. The van der Waals surface area contributed by atoms with Crippen LogP contribution < -0.4 is 16.0 Å². The first-order chi connectivity index (χ1) is 7.58. The third-order valence-electron chi connectivity index (χ3n) is 1.61. The van der Waals surface area contributed by atoms with Crippen LogP contribution in [0.15, 0.2) is 24.5 Å². The fraction of sp³-hybridized carbons (Fsp3) is 0.300. The molecule has 6 nitrogen and oxygen atoms in total. The minimum atomic E-state index is -0.401. The molecule has 0 spiro atoms. The summed E-state index contributed by atoms with van der Waals surface area (Å²) >= 11 is 0. The van der Waals surface area contributed by atoms with Gasteiger partial charge < -0.3 is 10.6 Å². The average Bonchev–Trinajstić information content (AvgIpc) is 2.17. The van der Waals surface area contributed by atoms with Crippen molar-refractivity contribution in [1.29, 1.82) is 5.41 Å². The fourth-order valence-electron chi connectivity index (χ4n) is 1.02. The molecule has 0 aromatic carbocycles. The maximum atomic E-state index is 11.2. The van der Waals surface area contributed by atoms with Crippen molar-refractivity contribution in [2.75, 3.05) is 5.32 Å². The second-order valence-corrected chi connectivity index (χ2v) is 3.49. The van der Waals surface area contributed by atoms with E-state index in [1.54, 1.807) is 24.5 Å². The first kappa shape index (κ1) is 12.0. The van der Waals surface area contributed by atoms with Crippen molar-refractivity contribution >= 4 is 17.7 Å². The fourth-order valence-corrected chi connectivity index (χ4v) is 1.02. The van der Waals surface area contributed by atoms with Gasteiger partial charge >= 0.3 is 6.03 Å². The number of guanidine groups is 1. The van der Waals surface area contributed by atoms with E-state index in [9.17, 15) is 4.79 Å². The van der Waals surface area contributed by atoms with Gasteiger partial charge in [-0.05, 0) is 26.0 Å². The van der Waals surface area contributed by atoms with Crippen LogP contribution >= 0.6 is 0 Å². The lowest BCUT2D eigenvalue weighted by molar-refractivity contribution is 0.243. The highest BCUT2D eigenvalue weighted by Gasteiger charge is 2.05. The van der Waals surface area contributed by atoms with E-state index in [0.29, 0.717) is 5.69 Å². The molecular formula is C10H15N5O. The third kappa shape index (κ3) is 4.41. The Morgan fingerprint density at radius 1 is 1.38 bits per heavy atom. The SMILES string of the molecule is CC(C)NC(=O)NC(=N)Nc1ccncc1. The summed E-state index contributed by atoms with van der Waals surface area (Å²) in [5, 5.41) is 15.2. The van der Waals surface area contributed by atoms with Crippen molar-refractivity contribution in [2.24, 2.45) is 0 Å². The van der Waals surface area contributed by atoms with E-state index < -0.39 is 6.03 Å². The Morgan fingerprint density at radius 2 is 2.00 bits per heavy atom. The number of hydrogen-bond acceptors (Lipinski definition) is 3. The Hall–Kier alpha value is -2.11. The standard InChI is InChI=1S/C10H15N5O/c1-7(2)13-10(16)15-9(11)14-8-3-5-12-6-4-8/h3-7H,1-2H3,(H4,11,12,13,14,15,16). The number of carbonyl (C=O) groups excluding carboxylic acids is 1. The number of nitrogens with one attached hydrogen (secondary N) is 4. The molecule has 6 heteroatoms. The number of pyridine rings is 1. The maximum Gasteiger partial charge on any atom is 0.321 e. The summed E-state index contributed by atoms with van der Waals surface area (Å²) < 4.78 is 0. The Balaban J connectivity index is 2.39. The van der Waals surface area contributed by atoms with Gasteiger partial charge in [0.25, 0.3) is 0 Å². The van der Waals surface area contributed by atoms with Crippen LogP contribution in [0.1, 0.15) is 13.8 Å². The first-order valence-corrected chi connectivity index (χ1v) is 4.91. The van der Waals surface area contributed by atoms with Crippen molar-refractivity contribution < 1.29 is 4.79 Å². The summed E-state index contributed by atoms with van der Waals surface area (Å²) in [6.45, 7) is 3.69. The Morgan fingerprint density at radius 3 is 2.56 bits per heavy atom. The van der Waals surface area contributed by atoms with Gasteiger partial charge in [-0.25, -0.2) is 4.79 Å². The molecule has 0 aliphatic carbocycles. The Kier molecular flexibility index (Phi) is 4.26. The van der Waals surface area contributed by atoms with Crippen LogP contribution in [0, 0.1) is 5.41 Å². The number of hydrogen-bond donors (Lipinski definition) is 4. The molecule has 0 unspecified atom stereocenters. The van der Waals surface area contributed by atoms with Gasteiger partial charge in [-0.1, -0.05) is 0 Å². The molecule has 1 heterocycles. The predicted octanol–water partition coefficient (Wildman–Crippen LogP) is 1.14. The smallest absolute Gasteiger partial charge is 0.321 e. The van der Waals surface area contributed by atoms with Gasteiger partial charge in [0.2, 0.25) is 5.96 Å². The van der Waals surface area contributed by atoms with E-state index in [-0.39, 0.29) is 12.0 Å². The van der Waals surface area contributed by atoms with Crippen LogP contribution in [-0.4, -0.2) is 23.0 Å². The van der Waals surface area contributed by atoms with Crippen LogP contribution in [0.4, 0.5) is 10.5 Å². The largest absolute Gasteiger partial charge is 0.336 e. The Bertz CT molecular complexity index is 363. The number of rotatable bonds is 2. The van der Waals surface area contributed by atoms with Gasteiger partial charge in [0, 0.05) is 24.1 Å². The molecule has 4 N–H and O–H groups in total. The number of carbonyl (C=O) groups is 1. The van der Waals surface area contributed by atoms with E-state index in [2.05, 4.69) is 20.9 Å². The van der Waals surface area contributed by atoms with Crippen LogP contribution in [-0.2, 0) is 0 Å². The van der Waals surface area contributed by atoms with Crippen LogP contribution in [0.25, 0.3) is 0 Å². The van der Waals surface area contributed by atoms with Crippen molar-refractivity contribution in [1.82, 2.24) is 15.6 Å². The summed E-state index contributed by atoms with van der Waals surface area (Å²) in [4.78, 5) is 15.1. The molecule has 1 rings (SSSR count). The van der Waals surface area contributed by atoms with E-state index in [0.717, 1.165) is 0 Å². The minimum Gasteiger partial charge on any atom is -0.336 e. The number of aromatic nitrogens is 1. The van der Waals surface area contributed by atoms with Gasteiger partial charge in [-0.15, -0.1) is 0 Å². The molecule has 1 aromatic rings. The van der Waals surface area contributed by atoms with Crippen LogP contribution in [0.5, 0.6) is 0 Å². The van der Waals surface area contributed by atoms with Gasteiger partial charge in [-0.2, -0.15) is 0 Å². The van der Waals surface area contributed by atoms with Crippen molar-refractivity contribution in [2.45, 2.75) is 19.9 Å². The highest BCUT2D eigenvalue weighted by Crippen LogP contribution is 2.01. The number of nitrogens with zero attached hydrogens (tertiary/aromatic N) is 1. The molecule has 0 fully saturated rings. The molecule has 0 saturated heterocycles. The summed E-state index contributed by atoms with van der Waals surface area (Å²) in [7, 11) is 0. The minimum absolute atomic E-state index is 0.0359.